The van der Waals surface area contributed by atoms with E-state index in [1.54, 1.807) is 0 Å². The number of benzene rings is 1. The molecule has 0 aliphatic carbocycles. The summed E-state index contributed by atoms with van der Waals surface area (Å²) >= 11 is 0. The van der Waals surface area contributed by atoms with Crippen LogP contribution in [0.3, 0.4) is 0 Å². The molecule has 0 bridgehead atoms. The first-order valence-electron chi connectivity index (χ1n) is 8.07. The van der Waals surface area contributed by atoms with Crippen LogP contribution in [0.1, 0.15) is 25.3 Å². The lowest BCUT2D eigenvalue weighted by Crippen LogP contribution is -2.41. The van der Waals surface area contributed by atoms with Gasteiger partial charge in [0.15, 0.2) is 0 Å². The Morgan fingerprint density at radius 1 is 1.33 bits per heavy atom. The molecule has 21 heavy (non-hydrogen) atoms. The fourth-order valence-electron chi connectivity index (χ4n) is 3.02. The quantitative estimate of drug-likeness (QED) is 0.870. The Morgan fingerprint density at radius 3 is 2.95 bits per heavy atom. The third kappa shape index (κ3) is 4.99. The molecular weight excluding hydrogens is 262 g/mol. The highest BCUT2D eigenvalue weighted by Crippen LogP contribution is 2.14. The Balaban J connectivity index is 1.83. The molecule has 2 rings (SSSR count). The van der Waals surface area contributed by atoms with E-state index in [0.717, 1.165) is 24.5 Å². The smallest absolute Gasteiger partial charge is 0.119 e. The highest BCUT2D eigenvalue weighted by atomic mass is 16.5. The Kier molecular flexibility index (Phi) is 6.49. The monoisotopic (exact) mass is 291 g/mol. The number of likely N-dealkylation sites (N-methyl/N-ethyl adjacent to an activating group) is 1. The molecule has 0 saturated carbocycles. The molecule has 1 heterocycles. The summed E-state index contributed by atoms with van der Waals surface area (Å²) in [5.74, 6) is 0.929. The first-order valence-corrected chi connectivity index (χ1v) is 8.07. The van der Waals surface area contributed by atoms with Gasteiger partial charge in [0.2, 0.25) is 0 Å². The highest BCUT2D eigenvalue weighted by molar-refractivity contribution is 5.28. The lowest BCUT2D eigenvalue weighted by atomic mass is 10.2. The van der Waals surface area contributed by atoms with Crippen LogP contribution in [0.4, 0.5) is 0 Å². The minimum atomic E-state index is 0.563. The van der Waals surface area contributed by atoms with E-state index in [0.29, 0.717) is 12.6 Å². The van der Waals surface area contributed by atoms with Crippen LogP contribution in [-0.4, -0.2) is 55.7 Å². The zero-order chi connectivity index (χ0) is 15.1. The maximum absolute atomic E-state index is 5.90. The van der Waals surface area contributed by atoms with Crippen molar-refractivity contribution in [1.82, 2.24) is 9.80 Å². The van der Waals surface area contributed by atoms with Crippen LogP contribution in [0.15, 0.2) is 24.3 Å². The zero-order valence-corrected chi connectivity index (χ0v) is 13.4. The third-order valence-corrected chi connectivity index (χ3v) is 4.28. The SMILES string of the molecule is CCC1CN(C)CCCN1CCOc1cccc(CN)c1. The van der Waals surface area contributed by atoms with Crippen LogP contribution >= 0.6 is 0 Å². The van der Waals surface area contributed by atoms with E-state index in [4.69, 9.17) is 10.5 Å². The predicted octanol–water partition coefficient (Wildman–Crippen LogP) is 1.94. The Labute approximate surface area is 128 Å². The second kappa shape index (κ2) is 8.37. The number of hydrogen-bond acceptors (Lipinski definition) is 4. The van der Waals surface area contributed by atoms with E-state index < -0.39 is 0 Å². The van der Waals surface area contributed by atoms with Crippen LogP contribution in [0.5, 0.6) is 5.75 Å². The van der Waals surface area contributed by atoms with Crippen molar-refractivity contribution in [3.8, 4) is 5.75 Å². The summed E-state index contributed by atoms with van der Waals surface area (Å²) in [6, 6.07) is 8.73. The third-order valence-electron chi connectivity index (χ3n) is 4.28. The van der Waals surface area contributed by atoms with E-state index in [1.165, 1.54) is 32.5 Å². The van der Waals surface area contributed by atoms with Gasteiger partial charge in [0.1, 0.15) is 12.4 Å². The molecule has 4 heteroatoms. The van der Waals surface area contributed by atoms with Crippen molar-refractivity contribution in [3.63, 3.8) is 0 Å². The second-order valence-corrected chi connectivity index (χ2v) is 5.91. The molecule has 1 aromatic rings. The zero-order valence-electron chi connectivity index (χ0n) is 13.4. The standard InChI is InChI=1S/C17H29N3O/c1-3-16-14-19(2)8-5-9-20(16)10-11-21-17-7-4-6-15(12-17)13-18/h4,6-7,12,16H,3,5,8-11,13-14,18H2,1-2H3. The molecular formula is C17H29N3O. The summed E-state index contributed by atoms with van der Waals surface area (Å²) in [4.78, 5) is 5.02. The summed E-state index contributed by atoms with van der Waals surface area (Å²) in [7, 11) is 2.22. The maximum atomic E-state index is 5.90. The van der Waals surface area contributed by atoms with Crippen molar-refractivity contribution in [2.45, 2.75) is 32.4 Å². The van der Waals surface area contributed by atoms with E-state index >= 15 is 0 Å². The van der Waals surface area contributed by atoms with Gasteiger partial charge in [-0.05, 0) is 50.7 Å². The molecule has 1 unspecified atom stereocenters. The summed E-state index contributed by atoms with van der Waals surface area (Å²) in [5.41, 5.74) is 6.78. The molecule has 0 aromatic heterocycles. The molecule has 1 aromatic carbocycles. The van der Waals surface area contributed by atoms with Gasteiger partial charge in [0.25, 0.3) is 0 Å². The van der Waals surface area contributed by atoms with Crippen molar-refractivity contribution in [2.75, 3.05) is 39.8 Å². The summed E-state index contributed by atoms with van der Waals surface area (Å²) in [6.45, 7) is 8.13. The normalized spacial score (nSPS) is 21.2. The average molecular weight is 291 g/mol. The number of ether oxygens (including phenoxy) is 1. The van der Waals surface area contributed by atoms with Crippen LogP contribution in [0.25, 0.3) is 0 Å². The molecule has 2 N–H and O–H groups in total. The van der Waals surface area contributed by atoms with Crippen molar-refractivity contribution in [3.05, 3.63) is 29.8 Å². The maximum Gasteiger partial charge on any atom is 0.119 e. The Hall–Kier alpha value is -1.10. The Bertz CT molecular complexity index is 424. The van der Waals surface area contributed by atoms with Gasteiger partial charge in [-0.15, -0.1) is 0 Å². The minimum Gasteiger partial charge on any atom is -0.492 e. The Morgan fingerprint density at radius 2 is 2.19 bits per heavy atom. The van der Waals surface area contributed by atoms with Gasteiger partial charge in [-0.2, -0.15) is 0 Å². The molecule has 1 saturated heterocycles. The van der Waals surface area contributed by atoms with Gasteiger partial charge in [-0.25, -0.2) is 0 Å². The number of nitrogens with two attached hydrogens (primary N) is 1. The topological polar surface area (TPSA) is 41.7 Å². The van der Waals surface area contributed by atoms with Crippen LogP contribution in [-0.2, 0) is 6.54 Å². The first-order chi connectivity index (χ1) is 10.2. The van der Waals surface area contributed by atoms with Crippen LogP contribution in [0.2, 0.25) is 0 Å². The number of rotatable bonds is 6. The predicted molar refractivity (Wildman–Crippen MR) is 87.6 cm³/mol. The van der Waals surface area contributed by atoms with Crippen molar-refractivity contribution >= 4 is 0 Å². The number of hydrogen-bond donors (Lipinski definition) is 1. The van der Waals surface area contributed by atoms with Crippen molar-refractivity contribution in [2.24, 2.45) is 5.73 Å². The van der Waals surface area contributed by atoms with E-state index in [1.807, 2.05) is 24.3 Å². The minimum absolute atomic E-state index is 0.563. The first kappa shape index (κ1) is 16.3. The lowest BCUT2D eigenvalue weighted by Gasteiger charge is -2.30. The molecule has 0 amide bonds. The second-order valence-electron chi connectivity index (χ2n) is 5.91. The van der Waals surface area contributed by atoms with Gasteiger partial charge in [0.05, 0.1) is 0 Å². The van der Waals surface area contributed by atoms with Crippen molar-refractivity contribution < 1.29 is 4.74 Å². The van der Waals surface area contributed by atoms with Crippen molar-refractivity contribution in [1.29, 1.82) is 0 Å². The molecule has 1 atom stereocenters. The summed E-state index contributed by atoms with van der Waals surface area (Å²) in [6.07, 6.45) is 2.45. The van der Waals surface area contributed by atoms with Crippen LogP contribution < -0.4 is 10.5 Å². The van der Waals surface area contributed by atoms with E-state index in [2.05, 4.69) is 23.8 Å². The fraction of sp³-hybridized carbons (Fsp3) is 0.647. The van der Waals surface area contributed by atoms with Gasteiger partial charge in [0, 0.05) is 25.7 Å². The summed E-state index contributed by atoms with van der Waals surface area (Å²) in [5, 5.41) is 0. The molecule has 0 radical (unpaired) electrons. The molecule has 1 fully saturated rings. The van der Waals surface area contributed by atoms with Gasteiger partial charge in [-0.1, -0.05) is 19.1 Å². The highest BCUT2D eigenvalue weighted by Gasteiger charge is 2.21. The molecule has 4 nitrogen and oxygen atoms in total. The number of nitrogens with zero attached hydrogens (tertiary/aromatic N) is 2. The summed E-state index contributed by atoms with van der Waals surface area (Å²) < 4.78 is 5.90. The molecule has 0 spiro atoms. The van der Waals surface area contributed by atoms with Gasteiger partial charge in [-0.3, -0.25) is 4.90 Å². The van der Waals surface area contributed by atoms with Gasteiger partial charge >= 0.3 is 0 Å². The lowest BCUT2D eigenvalue weighted by molar-refractivity contribution is 0.152. The fourth-order valence-corrected chi connectivity index (χ4v) is 3.02. The van der Waals surface area contributed by atoms with E-state index in [-0.39, 0.29) is 0 Å². The largest absolute Gasteiger partial charge is 0.492 e. The van der Waals surface area contributed by atoms with Gasteiger partial charge < -0.3 is 15.4 Å². The van der Waals surface area contributed by atoms with E-state index in [9.17, 15) is 0 Å². The molecule has 1 aliphatic rings. The molecule has 1 aliphatic heterocycles. The average Bonchev–Trinajstić information content (AvgIpc) is 2.69. The molecule has 118 valence electrons. The van der Waals surface area contributed by atoms with Crippen LogP contribution in [0, 0.1) is 0 Å².